The molecular formula is C14H14O. The zero-order valence-corrected chi connectivity index (χ0v) is 8.65. The summed E-state index contributed by atoms with van der Waals surface area (Å²) in [5, 5.41) is 0. The third-order valence-electron chi connectivity index (χ3n) is 2.26. The lowest BCUT2D eigenvalue weighted by Gasteiger charge is -2.03. The molecule has 1 heteroatoms. The highest BCUT2D eigenvalue weighted by atomic mass is 16.5. The molecule has 0 N–H and O–H groups in total. The van der Waals surface area contributed by atoms with Crippen LogP contribution < -0.4 is 0 Å². The van der Waals surface area contributed by atoms with Crippen molar-refractivity contribution in [1.82, 2.24) is 0 Å². The van der Waals surface area contributed by atoms with Crippen LogP contribution in [-0.2, 0) is 4.74 Å². The van der Waals surface area contributed by atoms with Crippen molar-refractivity contribution in [2.75, 3.05) is 6.61 Å². The van der Waals surface area contributed by atoms with Gasteiger partial charge >= 0.3 is 0 Å². The molecule has 0 fully saturated rings. The molecule has 1 heterocycles. The van der Waals surface area contributed by atoms with E-state index in [1.807, 2.05) is 36.4 Å². The van der Waals surface area contributed by atoms with Gasteiger partial charge in [-0.15, -0.1) is 0 Å². The Hall–Kier alpha value is -1.52. The molecule has 0 saturated carbocycles. The second kappa shape index (κ2) is 5.38. The average Bonchev–Trinajstić information content (AvgIpc) is 2.56. The SMILES string of the molecule is C(#CC1C=CCCCO1)c1ccccc1. The van der Waals surface area contributed by atoms with Gasteiger partial charge in [0.1, 0.15) is 6.10 Å². The van der Waals surface area contributed by atoms with E-state index in [0.717, 1.165) is 25.0 Å². The van der Waals surface area contributed by atoms with Gasteiger partial charge in [-0.05, 0) is 31.1 Å². The normalized spacial score (nSPS) is 20.1. The fourth-order valence-electron chi connectivity index (χ4n) is 1.45. The molecule has 15 heavy (non-hydrogen) atoms. The number of hydrogen-bond donors (Lipinski definition) is 0. The van der Waals surface area contributed by atoms with Gasteiger partial charge in [0.05, 0.1) is 0 Å². The van der Waals surface area contributed by atoms with Gasteiger partial charge in [0.15, 0.2) is 0 Å². The molecule has 0 spiro atoms. The minimum Gasteiger partial charge on any atom is -0.361 e. The lowest BCUT2D eigenvalue weighted by molar-refractivity contribution is 0.124. The lowest BCUT2D eigenvalue weighted by atomic mass is 10.2. The summed E-state index contributed by atoms with van der Waals surface area (Å²) < 4.78 is 5.56. The van der Waals surface area contributed by atoms with Crippen molar-refractivity contribution in [3.8, 4) is 11.8 Å². The van der Waals surface area contributed by atoms with Crippen LogP contribution >= 0.6 is 0 Å². The molecule has 76 valence electrons. The van der Waals surface area contributed by atoms with Gasteiger partial charge in [-0.3, -0.25) is 0 Å². The maximum atomic E-state index is 5.56. The van der Waals surface area contributed by atoms with Crippen LogP contribution in [0, 0.1) is 11.8 Å². The summed E-state index contributed by atoms with van der Waals surface area (Å²) in [5.41, 5.74) is 1.04. The van der Waals surface area contributed by atoms with Crippen LogP contribution in [0.4, 0.5) is 0 Å². The first-order valence-electron chi connectivity index (χ1n) is 5.30. The summed E-state index contributed by atoms with van der Waals surface area (Å²) in [6.07, 6.45) is 6.36. The van der Waals surface area contributed by atoms with Crippen LogP contribution in [0.5, 0.6) is 0 Å². The predicted molar refractivity (Wildman–Crippen MR) is 61.4 cm³/mol. The van der Waals surface area contributed by atoms with Gasteiger partial charge in [0.25, 0.3) is 0 Å². The Balaban J connectivity index is 2.04. The van der Waals surface area contributed by atoms with Crippen LogP contribution in [0.1, 0.15) is 18.4 Å². The molecule has 0 saturated heterocycles. The third kappa shape index (κ3) is 3.27. The molecule has 1 nitrogen and oxygen atoms in total. The second-order valence-electron chi connectivity index (χ2n) is 3.50. The average molecular weight is 198 g/mol. The van der Waals surface area contributed by atoms with Gasteiger partial charge in [-0.25, -0.2) is 0 Å². The number of ether oxygens (including phenoxy) is 1. The highest BCUT2D eigenvalue weighted by Gasteiger charge is 2.02. The van der Waals surface area contributed by atoms with Gasteiger partial charge in [-0.1, -0.05) is 36.1 Å². The first-order valence-corrected chi connectivity index (χ1v) is 5.30. The number of rotatable bonds is 0. The van der Waals surface area contributed by atoms with Crippen molar-refractivity contribution in [1.29, 1.82) is 0 Å². The van der Waals surface area contributed by atoms with E-state index in [9.17, 15) is 0 Å². The topological polar surface area (TPSA) is 9.23 Å². The summed E-state index contributed by atoms with van der Waals surface area (Å²) in [6, 6.07) is 10.00. The van der Waals surface area contributed by atoms with Crippen molar-refractivity contribution < 1.29 is 4.74 Å². The molecule has 1 unspecified atom stereocenters. The molecule has 2 rings (SSSR count). The standard InChI is InChI=1S/C14H14O/c1-3-7-13(8-4-1)10-11-14-9-5-2-6-12-15-14/h1,3-5,7-9,14H,2,6,12H2. The summed E-state index contributed by atoms with van der Waals surface area (Å²) >= 11 is 0. The van der Waals surface area contributed by atoms with Crippen LogP contribution in [0.15, 0.2) is 42.5 Å². The van der Waals surface area contributed by atoms with E-state index >= 15 is 0 Å². The van der Waals surface area contributed by atoms with E-state index in [0.29, 0.717) is 0 Å². The van der Waals surface area contributed by atoms with Gasteiger partial charge in [-0.2, -0.15) is 0 Å². The highest BCUT2D eigenvalue weighted by molar-refractivity contribution is 5.35. The van der Waals surface area contributed by atoms with Gasteiger partial charge in [0.2, 0.25) is 0 Å². The number of hydrogen-bond acceptors (Lipinski definition) is 1. The minimum atomic E-state index is -0.0345. The largest absolute Gasteiger partial charge is 0.361 e. The van der Waals surface area contributed by atoms with Crippen molar-refractivity contribution in [3.05, 3.63) is 48.0 Å². The highest BCUT2D eigenvalue weighted by Crippen LogP contribution is 2.05. The molecule has 0 radical (unpaired) electrons. The zero-order valence-electron chi connectivity index (χ0n) is 8.65. The first kappa shape index (κ1) is 10.0. The maximum absolute atomic E-state index is 5.56. The lowest BCUT2D eigenvalue weighted by Crippen LogP contribution is -2.05. The van der Waals surface area contributed by atoms with E-state index in [2.05, 4.69) is 17.9 Å². The molecule has 0 amide bonds. The molecule has 1 aromatic rings. The Kier molecular flexibility index (Phi) is 3.59. The second-order valence-corrected chi connectivity index (χ2v) is 3.50. The Bertz CT molecular complexity index is 381. The Morgan fingerprint density at radius 2 is 2.07 bits per heavy atom. The van der Waals surface area contributed by atoms with Crippen molar-refractivity contribution in [2.24, 2.45) is 0 Å². The van der Waals surface area contributed by atoms with Crippen LogP contribution in [0.2, 0.25) is 0 Å². The van der Waals surface area contributed by atoms with Crippen molar-refractivity contribution in [2.45, 2.75) is 18.9 Å². The molecular weight excluding hydrogens is 184 g/mol. The minimum absolute atomic E-state index is 0.0345. The summed E-state index contributed by atoms with van der Waals surface area (Å²) in [7, 11) is 0. The molecule has 1 aliphatic rings. The van der Waals surface area contributed by atoms with E-state index < -0.39 is 0 Å². The van der Waals surface area contributed by atoms with Crippen LogP contribution in [0.3, 0.4) is 0 Å². The van der Waals surface area contributed by atoms with E-state index in [-0.39, 0.29) is 6.10 Å². The summed E-state index contributed by atoms with van der Waals surface area (Å²) in [5.74, 6) is 6.23. The van der Waals surface area contributed by atoms with Gasteiger partial charge < -0.3 is 4.74 Å². The predicted octanol–water partition coefficient (Wildman–Crippen LogP) is 2.77. The quantitative estimate of drug-likeness (QED) is 0.460. The Morgan fingerprint density at radius 1 is 1.20 bits per heavy atom. The maximum Gasteiger partial charge on any atom is 0.136 e. The van der Waals surface area contributed by atoms with Crippen molar-refractivity contribution >= 4 is 0 Å². The molecule has 1 atom stereocenters. The van der Waals surface area contributed by atoms with Gasteiger partial charge in [0, 0.05) is 12.2 Å². The number of allylic oxidation sites excluding steroid dienone is 1. The van der Waals surface area contributed by atoms with E-state index in [1.54, 1.807) is 0 Å². The Labute approximate surface area is 90.8 Å². The third-order valence-corrected chi connectivity index (χ3v) is 2.26. The molecule has 0 aliphatic carbocycles. The molecule has 1 aliphatic heterocycles. The fraction of sp³-hybridized carbons (Fsp3) is 0.286. The summed E-state index contributed by atoms with van der Waals surface area (Å²) in [6.45, 7) is 0.807. The molecule has 1 aromatic carbocycles. The molecule has 0 aromatic heterocycles. The number of benzene rings is 1. The van der Waals surface area contributed by atoms with Crippen LogP contribution in [-0.4, -0.2) is 12.7 Å². The smallest absolute Gasteiger partial charge is 0.136 e. The fourth-order valence-corrected chi connectivity index (χ4v) is 1.45. The monoisotopic (exact) mass is 198 g/mol. The van der Waals surface area contributed by atoms with E-state index in [1.165, 1.54) is 0 Å². The van der Waals surface area contributed by atoms with Crippen molar-refractivity contribution in [3.63, 3.8) is 0 Å². The zero-order chi connectivity index (χ0) is 10.3. The van der Waals surface area contributed by atoms with E-state index in [4.69, 9.17) is 4.74 Å². The molecule has 0 bridgehead atoms. The Morgan fingerprint density at radius 3 is 2.93 bits per heavy atom. The summed E-state index contributed by atoms with van der Waals surface area (Å²) in [4.78, 5) is 0. The first-order chi connectivity index (χ1) is 7.45. The van der Waals surface area contributed by atoms with Crippen LogP contribution in [0.25, 0.3) is 0 Å².